The molecule has 0 bridgehead atoms. The van der Waals surface area contributed by atoms with E-state index in [-0.39, 0.29) is 6.54 Å². The smallest absolute Gasteiger partial charge is 0.240 e. The maximum atomic E-state index is 10.5. The zero-order valence-corrected chi connectivity index (χ0v) is 10.0. The highest BCUT2D eigenvalue weighted by Gasteiger charge is 2.05. The first-order valence-electron chi connectivity index (χ1n) is 5.10. The minimum Gasteiger partial charge on any atom is -0.369 e. The fourth-order valence-corrected chi connectivity index (χ4v) is 1.75. The summed E-state index contributed by atoms with van der Waals surface area (Å²) in [6.45, 7) is 2.61. The van der Waals surface area contributed by atoms with Gasteiger partial charge in [-0.2, -0.15) is 16.7 Å². The minimum absolute atomic E-state index is 0.113. The van der Waals surface area contributed by atoms with E-state index in [1.807, 2.05) is 0 Å². The molecule has 1 rings (SSSR count). The van der Waals surface area contributed by atoms with E-state index in [0.29, 0.717) is 18.3 Å². The fourth-order valence-electron chi connectivity index (χ4n) is 1.02. The van der Waals surface area contributed by atoms with Gasteiger partial charge in [0.1, 0.15) is 0 Å². The van der Waals surface area contributed by atoms with Gasteiger partial charge in [-0.15, -0.1) is 0 Å². The minimum atomic E-state index is -0.404. The van der Waals surface area contributed by atoms with E-state index >= 15 is 0 Å². The van der Waals surface area contributed by atoms with Crippen LogP contribution in [0.3, 0.4) is 0 Å². The van der Waals surface area contributed by atoms with E-state index in [4.69, 9.17) is 10.3 Å². The fraction of sp³-hybridized carbons (Fsp3) is 0.667. The number of hydrogen-bond acceptors (Lipinski definition) is 6. The highest BCUT2D eigenvalue weighted by molar-refractivity contribution is 7.98. The van der Waals surface area contributed by atoms with Gasteiger partial charge in [0.2, 0.25) is 11.8 Å². The Balaban J connectivity index is 2.25. The Labute approximate surface area is 98.3 Å². The summed E-state index contributed by atoms with van der Waals surface area (Å²) in [6.07, 6.45) is 1.13. The zero-order valence-electron chi connectivity index (χ0n) is 9.23. The van der Waals surface area contributed by atoms with Crippen molar-refractivity contribution >= 4 is 17.7 Å². The normalized spacial score (nSPS) is 10.6. The molecule has 0 spiro atoms. The van der Waals surface area contributed by atoms with Crippen molar-refractivity contribution in [3.63, 3.8) is 0 Å². The van der Waals surface area contributed by atoms with Gasteiger partial charge in [-0.3, -0.25) is 10.1 Å². The van der Waals surface area contributed by atoms with Crippen LogP contribution in [0.4, 0.5) is 0 Å². The molecule has 1 amide bonds. The van der Waals surface area contributed by atoms with Crippen molar-refractivity contribution in [3.8, 4) is 0 Å². The standard InChI is InChI=1S/C9H16N4O2S/c1-2-3-16-6-8-12-9(15-13-8)5-11-4-7(10)14/h11H,2-6H2,1H3,(H2,10,14). The van der Waals surface area contributed by atoms with Gasteiger partial charge in [-0.25, -0.2) is 0 Å². The predicted octanol–water partition coefficient (Wildman–Crippen LogP) is 0.288. The van der Waals surface area contributed by atoms with Crippen molar-refractivity contribution in [1.82, 2.24) is 15.5 Å². The molecular weight excluding hydrogens is 228 g/mol. The average Bonchev–Trinajstić information content (AvgIpc) is 2.66. The number of amides is 1. The molecule has 0 aliphatic rings. The van der Waals surface area contributed by atoms with Crippen LogP contribution in [0.5, 0.6) is 0 Å². The lowest BCUT2D eigenvalue weighted by atomic mass is 10.5. The summed E-state index contributed by atoms with van der Waals surface area (Å²) in [5.74, 6) is 2.61. The van der Waals surface area contributed by atoms with Gasteiger partial charge in [0, 0.05) is 0 Å². The zero-order chi connectivity index (χ0) is 11.8. The topological polar surface area (TPSA) is 94.0 Å². The molecule has 0 unspecified atom stereocenters. The molecule has 3 N–H and O–H groups in total. The lowest BCUT2D eigenvalue weighted by molar-refractivity contribution is -0.117. The lowest BCUT2D eigenvalue weighted by Crippen LogP contribution is -2.28. The lowest BCUT2D eigenvalue weighted by Gasteiger charge is -1.95. The molecular formula is C9H16N4O2S. The predicted molar refractivity (Wildman–Crippen MR) is 61.7 cm³/mol. The van der Waals surface area contributed by atoms with Crippen molar-refractivity contribution in [2.75, 3.05) is 12.3 Å². The summed E-state index contributed by atoms with van der Waals surface area (Å²) in [7, 11) is 0. The summed E-state index contributed by atoms with van der Waals surface area (Å²) in [6, 6.07) is 0. The summed E-state index contributed by atoms with van der Waals surface area (Å²) < 4.78 is 4.99. The highest BCUT2D eigenvalue weighted by atomic mass is 32.2. The molecule has 0 fully saturated rings. The van der Waals surface area contributed by atoms with E-state index in [1.165, 1.54) is 0 Å². The van der Waals surface area contributed by atoms with Crippen molar-refractivity contribution in [3.05, 3.63) is 11.7 Å². The van der Waals surface area contributed by atoms with Crippen LogP contribution in [0.1, 0.15) is 25.1 Å². The Kier molecular flexibility index (Phi) is 5.87. The molecule has 0 aliphatic carbocycles. The van der Waals surface area contributed by atoms with E-state index in [0.717, 1.165) is 17.9 Å². The van der Waals surface area contributed by atoms with Crippen LogP contribution < -0.4 is 11.1 Å². The number of nitrogens with one attached hydrogen (secondary N) is 1. The molecule has 0 aliphatic heterocycles. The third kappa shape index (κ3) is 5.13. The van der Waals surface area contributed by atoms with Crippen LogP contribution in [0.2, 0.25) is 0 Å². The molecule has 0 radical (unpaired) electrons. The first-order valence-corrected chi connectivity index (χ1v) is 6.26. The first kappa shape index (κ1) is 13.0. The molecule has 0 saturated carbocycles. The number of rotatable bonds is 8. The Morgan fingerprint density at radius 2 is 2.44 bits per heavy atom. The number of hydrogen-bond donors (Lipinski definition) is 2. The Hall–Kier alpha value is -1.08. The van der Waals surface area contributed by atoms with Crippen LogP contribution in [-0.4, -0.2) is 28.3 Å². The molecule has 0 aromatic carbocycles. The number of carbonyl (C=O) groups is 1. The number of nitrogens with two attached hydrogens (primary N) is 1. The SMILES string of the molecule is CCCSCc1noc(CNCC(N)=O)n1. The van der Waals surface area contributed by atoms with Crippen molar-refractivity contribution in [2.45, 2.75) is 25.6 Å². The van der Waals surface area contributed by atoms with Crippen molar-refractivity contribution < 1.29 is 9.32 Å². The summed E-state index contributed by atoms with van der Waals surface area (Å²) in [5.41, 5.74) is 4.97. The monoisotopic (exact) mass is 244 g/mol. The molecule has 1 aromatic rings. The molecule has 90 valence electrons. The van der Waals surface area contributed by atoms with Gasteiger partial charge in [0.05, 0.1) is 18.8 Å². The second kappa shape index (κ2) is 7.24. The molecule has 0 atom stereocenters. The van der Waals surface area contributed by atoms with Gasteiger partial charge < -0.3 is 10.3 Å². The van der Waals surface area contributed by atoms with Crippen molar-refractivity contribution in [2.24, 2.45) is 5.73 Å². The van der Waals surface area contributed by atoms with E-state index in [9.17, 15) is 4.79 Å². The Morgan fingerprint density at radius 1 is 1.62 bits per heavy atom. The molecule has 6 nitrogen and oxygen atoms in total. The van der Waals surface area contributed by atoms with Gasteiger partial charge in [0.15, 0.2) is 5.82 Å². The van der Waals surface area contributed by atoms with Gasteiger partial charge in [-0.05, 0) is 12.2 Å². The van der Waals surface area contributed by atoms with Gasteiger partial charge in [-0.1, -0.05) is 12.1 Å². The van der Waals surface area contributed by atoms with E-state index in [1.54, 1.807) is 11.8 Å². The molecule has 1 heterocycles. The second-order valence-electron chi connectivity index (χ2n) is 3.23. The summed E-state index contributed by atoms with van der Waals surface area (Å²) in [4.78, 5) is 14.6. The number of nitrogens with zero attached hydrogens (tertiary/aromatic N) is 2. The molecule has 1 aromatic heterocycles. The maximum absolute atomic E-state index is 10.5. The Bertz CT molecular complexity index is 329. The second-order valence-corrected chi connectivity index (χ2v) is 4.33. The van der Waals surface area contributed by atoms with Gasteiger partial charge >= 0.3 is 0 Å². The third-order valence-corrected chi connectivity index (χ3v) is 2.82. The summed E-state index contributed by atoms with van der Waals surface area (Å²) in [5, 5.41) is 6.63. The van der Waals surface area contributed by atoms with E-state index in [2.05, 4.69) is 22.4 Å². The quantitative estimate of drug-likeness (QED) is 0.638. The first-order chi connectivity index (χ1) is 7.72. The van der Waals surface area contributed by atoms with Crippen molar-refractivity contribution in [1.29, 1.82) is 0 Å². The largest absolute Gasteiger partial charge is 0.369 e. The maximum Gasteiger partial charge on any atom is 0.240 e. The molecule has 16 heavy (non-hydrogen) atoms. The average molecular weight is 244 g/mol. The highest BCUT2D eigenvalue weighted by Crippen LogP contribution is 2.09. The number of aromatic nitrogens is 2. The number of thioether (sulfide) groups is 1. The molecule has 0 saturated heterocycles. The molecule has 7 heteroatoms. The third-order valence-electron chi connectivity index (χ3n) is 1.67. The van der Waals surface area contributed by atoms with Crippen LogP contribution in [0.25, 0.3) is 0 Å². The number of carbonyl (C=O) groups excluding carboxylic acids is 1. The van der Waals surface area contributed by atoms with Crippen LogP contribution >= 0.6 is 11.8 Å². The van der Waals surface area contributed by atoms with Crippen LogP contribution in [0, 0.1) is 0 Å². The van der Waals surface area contributed by atoms with Gasteiger partial charge in [0.25, 0.3) is 0 Å². The summed E-state index contributed by atoms with van der Waals surface area (Å²) >= 11 is 1.77. The van der Waals surface area contributed by atoms with Crippen LogP contribution in [0.15, 0.2) is 4.52 Å². The Morgan fingerprint density at radius 3 is 3.12 bits per heavy atom. The number of primary amides is 1. The van der Waals surface area contributed by atoms with Crippen LogP contribution in [-0.2, 0) is 17.1 Å². The van der Waals surface area contributed by atoms with E-state index < -0.39 is 5.91 Å².